The van der Waals surface area contributed by atoms with E-state index in [1.807, 2.05) is 0 Å². The number of hydrogen-bond donors (Lipinski definition) is 0. The maximum Gasteiger partial charge on any atom is 0.240 e. The second-order valence-corrected chi connectivity index (χ2v) is 6.04. The molecule has 92 valence electrons. The van der Waals surface area contributed by atoms with Gasteiger partial charge in [0.05, 0.1) is 11.8 Å². The average molecular weight is 260 g/mol. The summed E-state index contributed by atoms with van der Waals surface area (Å²) in [5, 5.41) is 2.32. The minimum atomic E-state index is -0.134. The summed E-state index contributed by atoms with van der Waals surface area (Å²) in [7, 11) is 0. The number of fused-ring (bicyclic) bond motifs is 1. The zero-order valence-corrected chi connectivity index (χ0v) is 10.5. The maximum absolute atomic E-state index is 12.5. The van der Waals surface area contributed by atoms with Crippen molar-refractivity contribution in [3.05, 3.63) is 23.7 Å². The molecule has 0 radical (unpaired) electrons. The molecule has 3 aliphatic carbocycles. The number of hydrogen-bond acceptors (Lipinski definition) is 4. The molecular formula is C13H12N2O2S. The molecule has 18 heavy (non-hydrogen) atoms. The molecule has 0 spiro atoms. The van der Waals surface area contributed by atoms with Crippen molar-refractivity contribution in [3.63, 3.8) is 0 Å². The van der Waals surface area contributed by atoms with E-state index in [9.17, 15) is 9.59 Å². The highest BCUT2D eigenvalue weighted by Crippen LogP contribution is 2.50. The van der Waals surface area contributed by atoms with Crippen LogP contribution >= 0.6 is 11.3 Å². The van der Waals surface area contributed by atoms with Gasteiger partial charge in [0, 0.05) is 11.6 Å². The first-order chi connectivity index (χ1) is 8.77. The molecule has 2 amide bonds. The maximum atomic E-state index is 12.5. The van der Waals surface area contributed by atoms with Gasteiger partial charge in [-0.25, -0.2) is 9.88 Å². The lowest BCUT2D eigenvalue weighted by Crippen LogP contribution is -2.38. The number of rotatable bonds is 1. The molecule has 2 heterocycles. The third-order valence-corrected chi connectivity index (χ3v) is 5.13. The van der Waals surface area contributed by atoms with Gasteiger partial charge in [-0.15, -0.1) is 11.3 Å². The van der Waals surface area contributed by atoms with Crippen molar-refractivity contribution >= 4 is 28.3 Å². The summed E-state index contributed by atoms with van der Waals surface area (Å²) < 4.78 is 0. The minimum absolute atomic E-state index is 0.0426. The SMILES string of the molecule is O=C1[C@H]2[C@H](C(=O)N1c1nccs1)[C@H]1C=C[C@H]2CC1. The van der Waals surface area contributed by atoms with E-state index >= 15 is 0 Å². The van der Waals surface area contributed by atoms with E-state index in [0.717, 1.165) is 12.8 Å². The number of carbonyl (C=O) groups excluding carboxylic acids is 2. The molecule has 0 unspecified atom stereocenters. The Bertz CT molecular complexity index is 519. The molecule has 1 aromatic heterocycles. The number of aromatic nitrogens is 1. The average Bonchev–Trinajstić information content (AvgIpc) is 3.00. The summed E-state index contributed by atoms with van der Waals surface area (Å²) in [6, 6.07) is 0. The molecule has 1 saturated heterocycles. The molecule has 5 rings (SSSR count). The molecule has 1 aliphatic heterocycles. The van der Waals surface area contributed by atoms with E-state index < -0.39 is 0 Å². The molecule has 2 fully saturated rings. The van der Waals surface area contributed by atoms with Crippen molar-refractivity contribution in [2.75, 3.05) is 4.90 Å². The first-order valence-corrected chi connectivity index (χ1v) is 7.11. The smallest absolute Gasteiger partial charge is 0.240 e. The summed E-state index contributed by atoms with van der Waals surface area (Å²) in [5.41, 5.74) is 0. The van der Waals surface area contributed by atoms with Crippen LogP contribution in [0.25, 0.3) is 0 Å². The fourth-order valence-electron chi connectivity index (χ4n) is 3.59. The Kier molecular flexibility index (Phi) is 2.03. The molecule has 1 aromatic rings. The van der Waals surface area contributed by atoms with Gasteiger partial charge in [0.1, 0.15) is 0 Å². The van der Waals surface area contributed by atoms with Crippen LogP contribution in [0.15, 0.2) is 23.7 Å². The first-order valence-electron chi connectivity index (χ1n) is 6.23. The van der Waals surface area contributed by atoms with Crippen LogP contribution in [0, 0.1) is 23.7 Å². The van der Waals surface area contributed by atoms with Gasteiger partial charge in [-0.3, -0.25) is 9.59 Å². The van der Waals surface area contributed by atoms with Crippen LogP contribution in [-0.2, 0) is 9.59 Å². The zero-order chi connectivity index (χ0) is 12.3. The van der Waals surface area contributed by atoms with Crippen molar-refractivity contribution in [1.29, 1.82) is 0 Å². The summed E-state index contributed by atoms with van der Waals surface area (Å²) in [6.45, 7) is 0. The van der Waals surface area contributed by atoms with E-state index in [2.05, 4.69) is 17.1 Å². The third-order valence-electron chi connectivity index (χ3n) is 4.37. The highest BCUT2D eigenvalue weighted by atomic mass is 32.1. The Morgan fingerprint density at radius 3 is 2.17 bits per heavy atom. The van der Waals surface area contributed by atoms with Crippen molar-refractivity contribution in [2.45, 2.75) is 12.8 Å². The van der Waals surface area contributed by atoms with Crippen LogP contribution in [0.3, 0.4) is 0 Å². The number of nitrogens with zero attached hydrogens (tertiary/aromatic N) is 2. The quantitative estimate of drug-likeness (QED) is 0.572. The van der Waals surface area contributed by atoms with E-state index in [1.54, 1.807) is 11.6 Å². The molecule has 0 aromatic carbocycles. The van der Waals surface area contributed by atoms with E-state index in [4.69, 9.17) is 0 Å². The van der Waals surface area contributed by atoms with E-state index in [0.29, 0.717) is 5.13 Å². The van der Waals surface area contributed by atoms with Crippen LogP contribution in [0.5, 0.6) is 0 Å². The molecule has 4 aliphatic rings. The van der Waals surface area contributed by atoms with Gasteiger partial charge in [-0.05, 0) is 24.7 Å². The summed E-state index contributed by atoms with van der Waals surface area (Å²) in [4.78, 5) is 30.4. The Hall–Kier alpha value is -1.49. The number of imide groups is 1. The van der Waals surface area contributed by atoms with Crippen molar-refractivity contribution in [3.8, 4) is 0 Å². The van der Waals surface area contributed by atoms with E-state index in [1.165, 1.54) is 16.2 Å². The van der Waals surface area contributed by atoms with Gasteiger partial charge in [0.25, 0.3) is 0 Å². The topological polar surface area (TPSA) is 50.3 Å². The minimum Gasteiger partial charge on any atom is -0.274 e. The number of allylic oxidation sites excluding steroid dienone is 2. The van der Waals surface area contributed by atoms with Gasteiger partial charge < -0.3 is 0 Å². The largest absolute Gasteiger partial charge is 0.274 e. The predicted molar refractivity (Wildman–Crippen MR) is 66.9 cm³/mol. The molecule has 5 heteroatoms. The molecule has 4 nitrogen and oxygen atoms in total. The van der Waals surface area contributed by atoms with Crippen molar-refractivity contribution < 1.29 is 9.59 Å². The number of carbonyl (C=O) groups is 2. The predicted octanol–water partition coefficient (Wildman–Crippen LogP) is 1.84. The summed E-state index contributed by atoms with van der Waals surface area (Å²) >= 11 is 1.35. The fraction of sp³-hybridized carbons (Fsp3) is 0.462. The second-order valence-electron chi connectivity index (χ2n) is 5.17. The van der Waals surface area contributed by atoms with Gasteiger partial charge >= 0.3 is 0 Å². The number of thiazole rings is 1. The van der Waals surface area contributed by atoms with E-state index in [-0.39, 0.29) is 35.5 Å². The standard InChI is InChI=1S/C13H12N2O2S/c16-11-9-7-1-2-8(4-3-7)10(9)12(17)15(11)13-14-5-6-18-13/h1-2,5-10H,3-4H2/t7-,8-,9+,10+/m0/s1. The molecule has 4 atom stereocenters. The van der Waals surface area contributed by atoms with Crippen LogP contribution in [0.2, 0.25) is 0 Å². The van der Waals surface area contributed by atoms with Crippen LogP contribution in [0.1, 0.15) is 12.8 Å². The lowest BCUT2D eigenvalue weighted by Gasteiger charge is -2.38. The first kappa shape index (κ1) is 10.4. The normalized spacial score (nSPS) is 37.4. The van der Waals surface area contributed by atoms with Crippen molar-refractivity contribution in [1.82, 2.24) is 4.98 Å². The lowest BCUT2D eigenvalue weighted by molar-refractivity contribution is -0.124. The number of amides is 2. The second kappa shape index (κ2) is 3.51. The zero-order valence-electron chi connectivity index (χ0n) is 9.65. The summed E-state index contributed by atoms with van der Waals surface area (Å²) in [5.74, 6) is 0.149. The van der Waals surface area contributed by atoms with Gasteiger partial charge in [0.2, 0.25) is 11.8 Å². The van der Waals surface area contributed by atoms with Gasteiger partial charge in [-0.1, -0.05) is 12.2 Å². The van der Waals surface area contributed by atoms with Gasteiger partial charge in [-0.2, -0.15) is 0 Å². The van der Waals surface area contributed by atoms with Crippen LogP contribution in [-0.4, -0.2) is 16.8 Å². The monoisotopic (exact) mass is 260 g/mol. The lowest BCUT2D eigenvalue weighted by atomic mass is 9.63. The Balaban J connectivity index is 1.79. The molecule has 1 saturated carbocycles. The Morgan fingerprint density at radius 2 is 1.72 bits per heavy atom. The highest BCUT2D eigenvalue weighted by Gasteiger charge is 2.57. The van der Waals surface area contributed by atoms with Crippen molar-refractivity contribution in [2.24, 2.45) is 23.7 Å². The molecule has 0 N–H and O–H groups in total. The van der Waals surface area contributed by atoms with Crippen LogP contribution in [0.4, 0.5) is 5.13 Å². The Labute approximate surface area is 108 Å². The molecule has 2 bridgehead atoms. The highest BCUT2D eigenvalue weighted by molar-refractivity contribution is 7.14. The molecular weight excluding hydrogens is 248 g/mol. The van der Waals surface area contributed by atoms with Gasteiger partial charge in [0.15, 0.2) is 5.13 Å². The fourth-order valence-corrected chi connectivity index (χ4v) is 4.24. The third kappa shape index (κ3) is 1.17. The Morgan fingerprint density at radius 1 is 1.11 bits per heavy atom. The van der Waals surface area contributed by atoms with Crippen LogP contribution < -0.4 is 4.90 Å². The summed E-state index contributed by atoms with van der Waals surface area (Å²) in [6.07, 6.45) is 7.97. The number of anilines is 1.